The summed E-state index contributed by atoms with van der Waals surface area (Å²) in [7, 11) is 0. The highest BCUT2D eigenvalue weighted by molar-refractivity contribution is 5.88. The minimum atomic E-state index is -0.363. The number of hydrogen-bond acceptors (Lipinski definition) is 5. The zero-order chi connectivity index (χ0) is 19.9. The summed E-state index contributed by atoms with van der Waals surface area (Å²) in [6.07, 6.45) is 3.71. The summed E-state index contributed by atoms with van der Waals surface area (Å²) in [6, 6.07) is -0.363. The summed E-state index contributed by atoms with van der Waals surface area (Å²) in [5, 5.41) is 5.85. The normalized spacial score (nSPS) is 25.4. The van der Waals surface area contributed by atoms with Crippen LogP contribution in [0.4, 0.5) is 0 Å². The lowest BCUT2D eigenvalue weighted by atomic mass is 9.93. The van der Waals surface area contributed by atoms with E-state index in [2.05, 4.69) is 15.5 Å². The molecular formula is C20H34N4O4. The van der Waals surface area contributed by atoms with Crippen molar-refractivity contribution in [2.24, 2.45) is 11.8 Å². The molecule has 1 unspecified atom stereocenters. The Balaban J connectivity index is 1.37. The van der Waals surface area contributed by atoms with Crippen LogP contribution < -0.4 is 10.6 Å². The fourth-order valence-corrected chi connectivity index (χ4v) is 4.43. The standard InChI is InChI=1S/C20H34N4O4/c1-2-23-10-7-21-19(26)17(23)13-18(25)22-14-15-3-8-24(9-4-15)20(27)16-5-11-28-12-6-16/h15-17H,2-14H2,1H3,(H,21,26)(H,22,25). The van der Waals surface area contributed by atoms with Crippen LogP contribution >= 0.6 is 0 Å². The molecule has 0 aromatic carbocycles. The van der Waals surface area contributed by atoms with Gasteiger partial charge in [-0.05, 0) is 38.1 Å². The number of nitrogens with one attached hydrogen (secondary N) is 2. The molecule has 0 aromatic heterocycles. The van der Waals surface area contributed by atoms with Crippen LogP contribution in [-0.2, 0) is 19.1 Å². The molecule has 8 heteroatoms. The van der Waals surface area contributed by atoms with E-state index in [0.717, 1.165) is 51.9 Å². The Morgan fingerprint density at radius 3 is 2.54 bits per heavy atom. The maximum atomic E-state index is 12.6. The first-order chi connectivity index (χ1) is 13.6. The highest BCUT2D eigenvalue weighted by Crippen LogP contribution is 2.22. The summed E-state index contributed by atoms with van der Waals surface area (Å²) in [5.41, 5.74) is 0. The van der Waals surface area contributed by atoms with Gasteiger partial charge >= 0.3 is 0 Å². The number of ether oxygens (including phenoxy) is 1. The van der Waals surface area contributed by atoms with Crippen LogP contribution in [0, 0.1) is 11.8 Å². The molecule has 3 fully saturated rings. The van der Waals surface area contributed by atoms with Gasteiger partial charge < -0.3 is 20.3 Å². The summed E-state index contributed by atoms with van der Waals surface area (Å²) in [4.78, 5) is 41.0. The van der Waals surface area contributed by atoms with Gasteiger partial charge in [-0.1, -0.05) is 6.92 Å². The molecule has 8 nitrogen and oxygen atoms in total. The molecule has 0 saturated carbocycles. The summed E-state index contributed by atoms with van der Waals surface area (Å²) in [5.74, 6) is 0.663. The van der Waals surface area contributed by atoms with Crippen molar-refractivity contribution in [2.75, 3.05) is 52.5 Å². The van der Waals surface area contributed by atoms with Crippen LogP contribution in [0.15, 0.2) is 0 Å². The number of carbonyl (C=O) groups excluding carboxylic acids is 3. The Labute approximate surface area is 167 Å². The molecule has 3 amide bonds. The van der Waals surface area contributed by atoms with Crippen molar-refractivity contribution < 1.29 is 19.1 Å². The monoisotopic (exact) mass is 394 g/mol. The number of piperidine rings is 1. The van der Waals surface area contributed by atoms with Gasteiger partial charge in [-0.2, -0.15) is 0 Å². The molecule has 158 valence electrons. The minimum Gasteiger partial charge on any atom is -0.381 e. The van der Waals surface area contributed by atoms with E-state index in [-0.39, 0.29) is 36.1 Å². The van der Waals surface area contributed by atoms with E-state index in [4.69, 9.17) is 4.74 Å². The SMILES string of the molecule is CCN1CCNC(=O)C1CC(=O)NCC1CCN(C(=O)C2CCOCC2)CC1. The van der Waals surface area contributed by atoms with Crippen molar-refractivity contribution in [1.82, 2.24) is 20.4 Å². The second kappa shape index (κ2) is 10.2. The van der Waals surface area contributed by atoms with E-state index in [1.54, 1.807) is 0 Å². The number of amides is 3. The van der Waals surface area contributed by atoms with E-state index in [9.17, 15) is 14.4 Å². The molecule has 3 heterocycles. The maximum absolute atomic E-state index is 12.6. The number of rotatable bonds is 6. The Bertz CT molecular complexity index is 556. The molecule has 0 spiro atoms. The third-order valence-corrected chi connectivity index (χ3v) is 6.31. The lowest BCUT2D eigenvalue weighted by Crippen LogP contribution is -2.56. The Morgan fingerprint density at radius 1 is 1.14 bits per heavy atom. The first kappa shape index (κ1) is 21.0. The zero-order valence-corrected chi connectivity index (χ0v) is 17.0. The summed E-state index contributed by atoms with van der Waals surface area (Å²) >= 11 is 0. The maximum Gasteiger partial charge on any atom is 0.237 e. The number of piperazine rings is 1. The fourth-order valence-electron chi connectivity index (χ4n) is 4.43. The van der Waals surface area contributed by atoms with E-state index in [0.29, 0.717) is 32.2 Å². The molecule has 0 aromatic rings. The molecule has 2 N–H and O–H groups in total. The predicted molar refractivity (Wildman–Crippen MR) is 105 cm³/mol. The number of carbonyl (C=O) groups is 3. The summed E-state index contributed by atoms with van der Waals surface area (Å²) < 4.78 is 5.34. The van der Waals surface area contributed by atoms with Crippen molar-refractivity contribution in [3.05, 3.63) is 0 Å². The lowest BCUT2D eigenvalue weighted by molar-refractivity contribution is -0.140. The van der Waals surface area contributed by atoms with E-state index < -0.39 is 0 Å². The van der Waals surface area contributed by atoms with Crippen LogP contribution in [0.3, 0.4) is 0 Å². The minimum absolute atomic E-state index is 0.0526. The molecule has 0 bridgehead atoms. The molecule has 0 aliphatic carbocycles. The van der Waals surface area contributed by atoms with Gasteiger partial charge in [-0.15, -0.1) is 0 Å². The van der Waals surface area contributed by atoms with Crippen LogP contribution in [0.2, 0.25) is 0 Å². The molecule has 28 heavy (non-hydrogen) atoms. The number of likely N-dealkylation sites (N-methyl/N-ethyl adjacent to an activating group) is 1. The Hall–Kier alpha value is -1.67. The van der Waals surface area contributed by atoms with Crippen molar-refractivity contribution in [3.63, 3.8) is 0 Å². The summed E-state index contributed by atoms with van der Waals surface area (Å²) in [6.45, 7) is 7.76. The van der Waals surface area contributed by atoms with Crippen molar-refractivity contribution in [3.8, 4) is 0 Å². The smallest absolute Gasteiger partial charge is 0.237 e. The van der Waals surface area contributed by atoms with Crippen molar-refractivity contribution >= 4 is 17.7 Å². The van der Waals surface area contributed by atoms with Gasteiger partial charge in [0.15, 0.2) is 0 Å². The van der Waals surface area contributed by atoms with Gasteiger partial charge in [0.25, 0.3) is 0 Å². The van der Waals surface area contributed by atoms with Crippen LogP contribution in [0.25, 0.3) is 0 Å². The Kier molecular flexibility index (Phi) is 7.67. The third kappa shape index (κ3) is 5.44. The molecule has 0 radical (unpaired) electrons. The molecule has 3 saturated heterocycles. The molecular weight excluding hydrogens is 360 g/mol. The van der Waals surface area contributed by atoms with Crippen molar-refractivity contribution in [2.45, 2.75) is 45.1 Å². The first-order valence-corrected chi connectivity index (χ1v) is 10.7. The van der Waals surface area contributed by atoms with Gasteiger partial charge in [0.2, 0.25) is 17.7 Å². The van der Waals surface area contributed by atoms with Gasteiger partial charge in [0.1, 0.15) is 0 Å². The first-order valence-electron chi connectivity index (χ1n) is 10.7. The van der Waals surface area contributed by atoms with E-state index in [1.165, 1.54) is 0 Å². The van der Waals surface area contributed by atoms with Gasteiger partial charge in [0, 0.05) is 51.9 Å². The molecule has 3 rings (SSSR count). The number of hydrogen-bond donors (Lipinski definition) is 2. The fraction of sp³-hybridized carbons (Fsp3) is 0.850. The van der Waals surface area contributed by atoms with Crippen LogP contribution in [0.1, 0.15) is 39.0 Å². The molecule has 3 aliphatic heterocycles. The Morgan fingerprint density at radius 2 is 1.86 bits per heavy atom. The molecule has 1 atom stereocenters. The highest BCUT2D eigenvalue weighted by Gasteiger charge is 2.32. The second-order valence-corrected chi connectivity index (χ2v) is 8.10. The number of likely N-dealkylation sites (tertiary alicyclic amines) is 1. The van der Waals surface area contributed by atoms with Crippen LogP contribution in [0.5, 0.6) is 0 Å². The van der Waals surface area contributed by atoms with E-state index in [1.807, 2.05) is 11.8 Å². The third-order valence-electron chi connectivity index (χ3n) is 6.31. The topological polar surface area (TPSA) is 91.0 Å². The zero-order valence-electron chi connectivity index (χ0n) is 17.0. The van der Waals surface area contributed by atoms with Gasteiger partial charge in [-0.3, -0.25) is 19.3 Å². The molecule has 3 aliphatic rings. The van der Waals surface area contributed by atoms with E-state index >= 15 is 0 Å². The van der Waals surface area contributed by atoms with Crippen LogP contribution in [-0.4, -0.2) is 86.0 Å². The van der Waals surface area contributed by atoms with Crippen molar-refractivity contribution in [1.29, 1.82) is 0 Å². The lowest BCUT2D eigenvalue weighted by Gasteiger charge is -2.35. The largest absolute Gasteiger partial charge is 0.381 e. The van der Waals surface area contributed by atoms with Gasteiger partial charge in [-0.25, -0.2) is 0 Å². The predicted octanol–water partition coefficient (Wildman–Crippen LogP) is -0.0218. The van der Waals surface area contributed by atoms with Gasteiger partial charge in [0.05, 0.1) is 12.5 Å². The quantitative estimate of drug-likeness (QED) is 0.661. The number of nitrogens with zero attached hydrogens (tertiary/aromatic N) is 2. The second-order valence-electron chi connectivity index (χ2n) is 8.10. The highest BCUT2D eigenvalue weighted by atomic mass is 16.5. The average Bonchev–Trinajstić information content (AvgIpc) is 2.74. The average molecular weight is 395 g/mol.